The Bertz CT molecular complexity index is 769. The molecule has 0 aromatic carbocycles. The molecule has 0 aliphatic carbocycles. The Kier molecular flexibility index (Phi) is 4.60. The lowest BCUT2D eigenvalue weighted by Crippen LogP contribution is -2.56. The maximum atomic E-state index is 12.3. The van der Waals surface area contributed by atoms with E-state index in [2.05, 4.69) is 45.9 Å². The van der Waals surface area contributed by atoms with Gasteiger partial charge in [0.05, 0.1) is 0 Å². The second-order valence-electron chi connectivity index (χ2n) is 7.11. The maximum absolute atomic E-state index is 12.3. The first-order chi connectivity index (χ1) is 11.4. The van der Waals surface area contributed by atoms with Crippen LogP contribution in [0.2, 0.25) is 5.02 Å². The minimum Gasteiger partial charge on any atom is -0.352 e. The van der Waals surface area contributed by atoms with Crippen molar-refractivity contribution in [1.29, 1.82) is 0 Å². The van der Waals surface area contributed by atoms with Crippen molar-refractivity contribution in [3.05, 3.63) is 39.9 Å². The van der Waals surface area contributed by atoms with Gasteiger partial charge in [-0.25, -0.2) is 4.98 Å². The SMILES string of the molecule is CC(C)(C)[C@H]1CN(c2nc(-c3ccncc3)[nH]c(=O)c2Cl)CCN1. The Hall–Kier alpha value is -1.92. The summed E-state index contributed by atoms with van der Waals surface area (Å²) in [5.41, 5.74) is 0.599. The Morgan fingerprint density at radius 3 is 2.67 bits per heavy atom. The molecule has 0 unspecified atom stereocenters. The highest BCUT2D eigenvalue weighted by atomic mass is 35.5. The molecule has 7 heteroatoms. The topological polar surface area (TPSA) is 73.9 Å². The number of nitrogens with zero attached hydrogens (tertiary/aromatic N) is 3. The van der Waals surface area contributed by atoms with Crippen LogP contribution in [-0.4, -0.2) is 40.6 Å². The van der Waals surface area contributed by atoms with Crippen molar-refractivity contribution < 1.29 is 0 Å². The Morgan fingerprint density at radius 2 is 2.00 bits per heavy atom. The standard InChI is InChI=1S/C17H22ClN5O/c1-17(2,3)12-10-23(9-8-20-12)15-13(18)16(24)22-14(21-15)11-4-6-19-7-5-11/h4-7,12,20H,8-10H2,1-3H3,(H,21,22,24)/t12-/m1/s1. The highest BCUT2D eigenvalue weighted by molar-refractivity contribution is 6.32. The van der Waals surface area contributed by atoms with Gasteiger partial charge >= 0.3 is 0 Å². The smallest absolute Gasteiger partial charge is 0.272 e. The number of anilines is 1. The molecule has 1 saturated heterocycles. The lowest BCUT2D eigenvalue weighted by Gasteiger charge is -2.41. The number of nitrogens with one attached hydrogen (secondary N) is 2. The van der Waals surface area contributed by atoms with Crippen LogP contribution in [0.4, 0.5) is 5.82 Å². The zero-order valence-corrected chi connectivity index (χ0v) is 14.9. The molecular weight excluding hydrogens is 326 g/mol. The van der Waals surface area contributed by atoms with Crippen molar-refractivity contribution in [3.63, 3.8) is 0 Å². The van der Waals surface area contributed by atoms with Gasteiger partial charge < -0.3 is 15.2 Å². The number of aromatic nitrogens is 3. The van der Waals surface area contributed by atoms with E-state index in [-0.39, 0.29) is 16.0 Å². The molecule has 1 fully saturated rings. The molecule has 3 rings (SSSR count). The van der Waals surface area contributed by atoms with Gasteiger partial charge in [-0.05, 0) is 17.5 Å². The van der Waals surface area contributed by atoms with Gasteiger partial charge in [-0.3, -0.25) is 9.78 Å². The lowest BCUT2D eigenvalue weighted by atomic mass is 9.85. The highest BCUT2D eigenvalue weighted by Gasteiger charge is 2.31. The summed E-state index contributed by atoms with van der Waals surface area (Å²) in [6, 6.07) is 3.92. The van der Waals surface area contributed by atoms with Crippen molar-refractivity contribution >= 4 is 17.4 Å². The van der Waals surface area contributed by atoms with Gasteiger partial charge in [0.15, 0.2) is 5.82 Å². The third kappa shape index (κ3) is 3.44. The maximum Gasteiger partial charge on any atom is 0.272 e. The zero-order chi connectivity index (χ0) is 17.3. The third-order valence-electron chi connectivity index (χ3n) is 4.32. The molecule has 3 heterocycles. The summed E-state index contributed by atoms with van der Waals surface area (Å²) in [7, 11) is 0. The van der Waals surface area contributed by atoms with Gasteiger partial charge in [-0.2, -0.15) is 0 Å². The number of H-pyrrole nitrogens is 1. The van der Waals surface area contributed by atoms with E-state index >= 15 is 0 Å². The molecule has 2 aromatic heterocycles. The van der Waals surface area contributed by atoms with Gasteiger partial charge in [0.2, 0.25) is 0 Å². The number of hydrogen-bond donors (Lipinski definition) is 2. The average molecular weight is 348 g/mol. The van der Waals surface area contributed by atoms with Crippen molar-refractivity contribution in [3.8, 4) is 11.4 Å². The molecular formula is C17H22ClN5O. The fourth-order valence-corrected chi connectivity index (χ4v) is 3.03. The fourth-order valence-electron chi connectivity index (χ4n) is 2.83. The number of rotatable bonds is 2. The van der Waals surface area contributed by atoms with Crippen molar-refractivity contribution in [1.82, 2.24) is 20.3 Å². The molecule has 0 spiro atoms. The third-order valence-corrected chi connectivity index (χ3v) is 4.66. The Labute approximate surface area is 146 Å². The van der Waals surface area contributed by atoms with Crippen LogP contribution in [0.1, 0.15) is 20.8 Å². The van der Waals surface area contributed by atoms with Gasteiger partial charge in [0.1, 0.15) is 10.8 Å². The molecule has 0 amide bonds. The highest BCUT2D eigenvalue weighted by Crippen LogP contribution is 2.27. The number of hydrogen-bond acceptors (Lipinski definition) is 5. The number of pyridine rings is 1. The molecule has 6 nitrogen and oxygen atoms in total. The first-order valence-corrected chi connectivity index (χ1v) is 8.42. The van der Waals surface area contributed by atoms with E-state index in [4.69, 9.17) is 11.6 Å². The molecule has 0 saturated carbocycles. The summed E-state index contributed by atoms with van der Waals surface area (Å²) >= 11 is 6.27. The van der Waals surface area contributed by atoms with Crippen LogP contribution in [0.5, 0.6) is 0 Å². The van der Waals surface area contributed by atoms with E-state index in [1.54, 1.807) is 12.4 Å². The Balaban J connectivity index is 1.98. The van der Waals surface area contributed by atoms with Crippen LogP contribution in [0, 0.1) is 5.41 Å². The summed E-state index contributed by atoms with van der Waals surface area (Å²) < 4.78 is 0. The Morgan fingerprint density at radius 1 is 1.29 bits per heavy atom. The van der Waals surface area contributed by atoms with Crippen LogP contribution >= 0.6 is 11.6 Å². The van der Waals surface area contributed by atoms with Crippen LogP contribution in [0.25, 0.3) is 11.4 Å². The van der Waals surface area contributed by atoms with Crippen molar-refractivity contribution in [2.45, 2.75) is 26.8 Å². The molecule has 0 bridgehead atoms. The first-order valence-electron chi connectivity index (χ1n) is 8.05. The minimum atomic E-state index is -0.320. The normalized spacial score (nSPS) is 18.7. The first kappa shape index (κ1) is 16.9. The molecule has 1 aliphatic heterocycles. The lowest BCUT2D eigenvalue weighted by molar-refractivity contribution is 0.253. The van der Waals surface area contributed by atoms with E-state index in [9.17, 15) is 4.79 Å². The van der Waals surface area contributed by atoms with Crippen LogP contribution in [0.3, 0.4) is 0 Å². The molecule has 0 radical (unpaired) electrons. The molecule has 128 valence electrons. The molecule has 24 heavy (non-hydrogen) atoms. The number of piperazine rings is 1. The summed E-state index contributed by atoms with van der Waals surface area (Å²) in [4.78, 5) is 25.7. The fraction of sp³-hybridized carbons (Fsp3) is 0.471. The minimum absolute atomic E-state index is 0.111. The summed E-state index contributed by atoms with van der Waals surface area (Å²) in [6.07, 6.45) is 3.34. The second-order valence-corrected chi connectivity index (χ2v) is 7.48. The van der Waals surface area contributed by atoms with Crippen LogP contribution in [0.15, 0.2) is 29.3 Å². The van der Waals surface area contributed by atoms with Crippen LogP contribution < -0.4 is 15.8 Å². The summed E-state index contributed by atoms with van der Waals surface area (Å²) in [6.45, 7) is 8.95. The predicted molar refractivity (Wildman–Crippen MR) is 96.6 cm³/mol. The molecule has 1 atom stereocenters. The van der Waals surface area contributed by atoms with E-state index < -0.39 is 0 Å². The van der Waals surface area contributed by atoms with Gasteiger partial charge in [-0.15, -0.1) is 0 Å². The quantitative estimate of drug-likeness (QED) is 0.872. The molecule has 2 N–H and O–H groups in total. The van der Waals surface area contributed by atoms with Gasteiger partial charge in [-0.1, -0.05) is 32.4 Å². The van der Waals surface area contributed by atoms with Crippen LogP contribution in [-0.2, 0) is 0 Å². The largest absolute Gasteiger partial charge is 0.352 e. The molecule has 2 aromatic rings. The van der Waals surface area contributed by atoms with E-state index in [0.29, 0.717) is 17.7 Å². The number of aromatic amines is 1. The zero-order valence-electron chi connectivity index (χ0n) is 14.1. The van der Waals surface area contributed by atoms with E-state index in [1.165, 1.54) is 0 Å². The summed E-state index contributed by atoms with van der Waals surface area (Å²) in [5.74, 6) is 1.05. The van der Waals surface area contributed by atoms with E-state index in [1.807, 2.05) is 12.1 Å². The predicted octanol–water partition coefficient (Wildman–Crippen LogP) is 2.31. The summed E-state index contributed by atoms with van der Waals surface area (Å²) in [5, 5.41) is 3.67. The van der Waals surface area contributed by atoms with Crippen molar-refractivity contribution in [2.24, 2.45) is 5.41 Å². The van der Waals surface area contributed by atoms with Gasteiger partial charge in [0, 0.05) is 43.6 Å². The van der Waals surface area contributed by atoms with Crippen molar-refractivity contribution in [2.75, 3.05) is 24.5 Å². The molecule has 1 aliphatic rings. The average Bonchev–Trinajstić information content (AvgIpc) is 2.57. The number of halogens is 1. The monoisotopic (exact) mass is 347 g/mol. The second kappa shape index (κ2) is 6.53. The van der Waals surface area contributed by atoms with Gasteiger partial charge in [0.25, 0.3) is 5.56 Å². The van der Waals surface area contributed by atoms with E-state index in [0.717, 1.165) is 25.2 Å².